The lowest BCUT2D eigenvalue weighted by Crippen LogP contribution is -2.18. The van der Waals surface area contributed by atoms with Gasteiger partial charge in [-0.2, -0.15) is 5.10 Å². The van der Waals surface area contributed by atoms with Gasteiger partial charge in [0.15, 0.2) is 11.8 Å². The zero-order chi connectivity index (χ0) is 16.6. The number of ether oxygens (including phenoxy) is 1. The summed E-state index contributed by atoms with van der Waals surface area (Å²) in [7, 11) is 1.38. The molecular formula is C17H17N3O3. The van der Waals surface area contributed by atoms with Crippen LogP contribution in [0.3, 0.4) is 0 Å². The summed E-state index contributed by atoms with van der Waals surface area (Å²) in [6.45, 7) is 3.61. The molecule has 6 nitrogen and oxygen atoms in total. The molecule has 6 heteroatoms. The van der Waals surface area contributed by atoms with Gasteiger partial charge in [0.2, 0.25) is 0 Å². The topological polar surface area (TPSA) is 76.7 Å². The Balaban J connectivity index is 2.21. The summed E-state index contributed by atoms with van der Waals surface area (Å²) in [6.07, 6.45) is -1.06. The second kappa shape index (κ2) is 5.81. The number of carbonyl (C=O) groups is 1. The van der Waals surface area contributed by atoms with Gasteiger partial charge in [0, 0.05) is 35.7 Å². The minimum atomic E-state index is -1.06. The molecule has 0 spiro atoms. The van der Waals surface area contributed by atoms with E-state index in [0.29, 0.717) is 22.6 Å². The van der Waals surface area contributed by atoms with Crippen LogP contribution in [0.4, 0.5) is 0 Å². The monoisotopic (exact) mass is 311 g/mol. The smallest absolute Gasteiger partial charge is 0.337 e. The van der Waals surface area contributed by atoms with Crippen molar-refractivity contribution >= 4 is 11.6 Å². The molecule has 1 unspecified atom stereocenters. The molecule has 23 heavy (non-hydrogen) atoms. The van der Waals surface area contributed by atoms with Crippen molar-refractivity contribution < 1.29 is 14.6 Å². The number of benzene rings is 1. The predicted octanol–water partition coefficient (Wildman–Crippen LogP) is 2.79. The van der Waals surface area contributed by atoms with Gasteiger partial charge in [-0.25, -0.2) is 14.3 Å². The SMILES string of the molecule is COC(C(=O)O)c1c(C)nc2cc(-c3ccccc3)nn2c1C. The number of carboxylic acid groups (broad SMARTS) is 1. The molecule has 118 valence electrons. The van der Waals surface area contributed by atoms with Crippen LogP contribution >= 0.6 is 0 Å². The second-order valence-electron chi connectivity index (χ2n) is 5.32. The molecule has 3 aromatic rings. The highest BCUT2D eigenvalue weighted by molar-refractivity contribution is 5.75. The van der Waals surface area contributed by atoms with Gasteiger partial charge in [0.05, 0.1) is 5.69 Å². The van der Waals surface area contributed by atoms with E-state index in [1.54, 1.807) is 11.4 Å². The van der Waals surface area contributed by atoms with E-state index in [1.807, 2.05) is 43.3 Å². The molecule has 1 N–H and O–H groups in total. The number of fused-ring (bicyclic) bond motifs is 1. The van der Waals surface area contributed by atoms with Crippen molar-refractivity contribution in [3.05, 3.63) is 53.3 Å². The van der Waals surface area contributed by atoms with Crippen LogP contribution in [0.5, 0.6) is 0 Å². The summed E-state index contributed by atoms with van der Waals surface area (Å²) >= 11 is 0. The number of nitrogens with zero attached hydrogens (tertiary/aromatic N) is 3. The summed E-state index contributed by atoms with van der Waals surface area (Å²) < 4.78 is 6.79. The van der Waals surface area contributed by atoms with Crippen LogP contribution in [-0.4, -0.2) is 32.8 Å². The third-order valence-corrected chi connectivity index (χ3v) is 3.86. The number of hydrogen-bond donors (Lipinski definition) is 1. The molecule has 1 aromatic carbocycles. The van der Waals surface area contributed by atoms with Gasteiger partial charge in [0.1, 0.15) is 0 Å². The first-order valence-electron chi connectivity index (χ1n) is 7.21. The van der Waals surface area contributed by atoms with E-state index >= 15 is 0 Å². The van der Waals surface area contributed by atoms with Gasteiger partial charge < -0.3 is 9.84 Å². The van der Waals surface area contributed by atoms with Crippen molar-refractivity contribution in [1.29, 1.82) is 0 Å². The molecule has 3 rings (SSSR count). The maximum absolute atomic E-state index is 11.4. The van der Waals surface area contributed by atoms with Gasteiger partial charge in [0.25, 0.3) is 0 Å². The first kappa shape index (κ1) is 15.2. The summed E-state index contributed by atoms with van der Waals surface area (Å²) in [5.74, 6) is -1.05. The Morgan fingerprint density at radius 1 is 1.26 bits per heavy atom. The average Bonchev–Trinajstić information content (AvgIpc) is 2.96. The average molecular weight is 311 g/mol. The van der Waals surface area contributed by atoms with Gasteiger partial charge in [-0.3, -0.25) is 0 Å². The Morgan fingerprint density at radius 2 is 1.96 bits per heavy atom. The molecule has 0 aliphatic carbocycles. The molecule has 0 amide bonds. The third-order valence-electron chi connectivity index (χ3n) is 3.86. The summed E-state index contributed by atoms with van der Waals surface area (Å²) in [5, 5.41) is 13.9. The van der Waals surface area contributed by atoms with E-state index in [-0.39, 0.29) is 0 Å². The van der Waals surface area contributed by atoms with E-state index in [0.717, 1.165) is 11.3 Å². The highest BCUT2D eigenvalue weighted by Gasteiger charge is 2.26. The lowest BCUT2D eigenvalue weighted by atomic mass is 10.1. The molecule has 0 aliphatic rings. The van der Waals surface area contributed by atoms with Crippen LogP contribution in [0, 0.1) is 13.8 Å². The standard InChI is InChI=1S/C17H17N3O3/c1-10-15(16(23-3)17(21)22)11(2)20-14(18-10)9-13(19-20)12-7-5-4-6-8-12/h4-9,16H,1-3H3,(H,21,22). The maximum atomic E-state index is 11.4. The minimum Gasteiger partial charge on any atom is -0.479 e. The fraction of sp³-hybridized carbons (Fsp3) is 0.235. The molecule has 0 bridgehead atoms. The number of aliphatic carboxylic acids is 1. The molecule has 0 radical (unpaired) electrons. The van der Waals surface area contributed by atoms with Crippen LogP contribution in [0.25, 0.3) is 16.9 Å². The lowest BCUT2D eigenvalue weighted by molar-refractivity contribution is -0.149. The Kier molecular flexibility index (Phi) is 3.83. The largest absolute Gasteiger partial charge is 0.479 e. The third kappa shape index (κ3) is 2.57. The Labute approximate surface area is 133 Å². The molecule has 0 saturated heterocycles. The summed E-state index contributed by atoms with van der Waals surface area (Å²) in [4.78, 5) is 15.9. The van der Waals surface area contributed by atoms with Crippen molar-refractivity contribution in [2.24, 2.45) is 0 Å². The number of hydrogen-bond acceptors (Lipinski definition) is 4. The second-order valence-corrected chi connectivity index (χ2v) is 5.32. The lowest BCUT2D eigenvalue weighted by Gasteiger charge is -2.16. The number of methoxy groups -OCH3 is 1. The molecule has 0 fully saturated rings. The number of aryl methyl sites for hydroxylation is 2. The Bertz CT molecular complexity index is 872. The minimum absolute atomic E-state index is 0.537. The fourth-order valence-corrected chi connectivity index (χ4v) is 2.78. The number of carboxylic acids is 1. The van der Waals surface area contributed by atoms with Crippen molar-refractivity contribution in [3.8, 4) is 11.3 Å². The van der Waals surface area contributed by atoms with Crippen LogP contribution in [0.1, 0.15) is 23.1 Å². The van der Waals surface area contributed by atoms with Crippen LogP contribution in [0.15, 0.2) is 36.4 Å². The van der Waals surface area contributed by atoms with Crippen LogP contribution < -0.4 is 0 Å². The zero-order valence-electron chi connectivity index (χ0n) is 13.1. The van der Waals surface area contributed by atoms with E-state index in [9.17, 15) is 9.90 Å². The van der Waals surface area contributed by atoms with Gasteiger partial charge in [-0.15, -0.1) is 0 Å². The number of aromatic nitrogens is 3. The Hall–Kier alpha value is -2.73. The summed E-state index contributed by atoms with van der Waals surface area (Å²) in [5.41, 5.74) is 4.34. The van der Waals surface area contributed by atoms with Gasteiger partial charge in [-0.1, -0.05) is 30.3 Å². The van der Waals surface area contributed by atoms with E-state index in [2.05, 4.69) is 10.1 Å². The van der Waals surface area contributed by atoms with E-state index in [4.69, 9.17) is 4.74 Å². The Morgan fingerprint density at radius 3 is 2.57 bits per heavy atom. The van der Waals surface area contributed by atoms with Crippen molar-refractivity contribution in [1.82, 2.24) is 14.6 Å². The quantitative estimate of drug-likeness (QED) is 0.801. The highest BCUT2D eigenvalue weighted by atomic mass is 16.5. The fourth-order valence-electron chi connectivity index (χ4n) is 2.78. The predicted molar refractivity (Wildman–Crippen MR) is 85.3 cm³/mol. The van der Waals surface area contributed by atoms with Crippen molar-refractivity contribution in [2.75, 3.05) is 7.11 Å². The van der Waals surface area contributed by atoms with E-state index in [1.165, 1.54) is 7.11 Å². The molecule has 0 saturated carbocycles. The molecule has 2 aromatic heterocycles. The number of rotatable bonds is 4. The highest BCUT2D eigenvalue weighted by Crippen LogP contribution is 2.26. The molecule has 0 aliphatic heterocycles. The van der Waals surface area contributed by atoms with Crippen LogP contribution in [-0.2, 0) is 9.53 Å². The van der Waals surface area contributed by atoms with Crippen LogP contribution in [0.2, 0.25) is 0 Å². The molecular weight excluding hydrogens is 294 g/mol. The molecule has 2 heterocycles. The van der Waals surface area contributed by atoms with Gasteiger partial charge >= 0.3 is 5.97 Å². The first-order chi connectivity index (χ1) is 11.0. The summed E-state index contributed by atoms with van der Waals surface area (Å²) in [6, 6.07) is 11.7. The van der Waals surface area contributed by atoms with Crippen molar-refractivity contribution in [2.45, 2.75) is 20.0 Å². The van der Waals surface area contributed by atoms with E-state index < -0.39 is 12.1 Å². The van der Waals surface area contributed by atoms with Gasteiger partial charge in [-0.05, 0) is 13.8 Å². The maximum Gasteiger partial charge on any atom is 0.337 e. The first-order valence-corrected chi connectivity index (χ1v) is 7.21. The van der Waals surface area contributed by atoms with Crippen molar-refractivity contribution in [3.63, 3.8) is 0 Å². The zero-order valence-corrected chi connectivity index (χ0v) is 13.1. The normalized spacial score (nSPS) is 12.5. The molecule has 1 atom stereocenters.